The quantitative estimate of drug-likeness (QED) is 0.611. The molecule has 0 atom stereocenters. The largest absolute Gasteiger partial charge is 0.392 e. The van der Waals surface area contributed by atoms with E-state index in [-0.39, 0.29) is 12.3 Å². The maximum atomic E-state index is 10.6. The summed E-state index contributed by atoms with van der Waals surface area (Å²) in [5, 5.41) is 19.5. The molecule has 0 aromatic heterocycles. The van der Waals surface area contributed by atoms with Crippen molar-refractivity contribution >= 4 is 11.3 Å². The van der Waals surface area contributed by atoms with Crippen molar-refractivity contribution in [2.45, 2.75) is 13.8 Å². The number of nitrogens with zero attached hydrogens (tertiary/aromatic N) is 1. The van der Waals surface area contributed by atoms with E-state index in [9.17, 15) is 10.1 Å². The van der Waals surface area contributed by atoms with Crippen LogP contribution in [0.4, 0.5) is 5.69 Å². The molecule has 0 fully saturated rings. The van der Waals surface area contributed by atoms with E-state index in [2.05, 4.69) is 0 Å². The molecular weight excluding hydrogens is 194 g/mol. The van der Waals surface area contributed by atoms with Crippen LogP contribution in [0, 0.1) is 10.1 Å². The van der Waals surface area contributed by atoms with E-state index in [4.69, 9.17) is 5.11 Å². The Morgan fingerprint density at radius 1 is 1.47 bits per heavy atom. The Hall–Kier alpha value is -1.68. The van der Waals surface area contributed by atoms with Crippen molar-refractivity contribution < 1.29 is 10.0 Å². The van der Waals surface area contributed by atoms with Crippen LogP contribution in [0.15, 0.2) is 29.8 Å². The Balaban J connectivity index is 3.16. The lowest BCUT2D eigenvalue weighted by Crippen LogP contribution is -1.92. The van der Waals surface area contributed by atoms with E-state index in [0.29, 0.717) is 0 Å². The zero-order valence-corrected chi connectivity index (χ0v) is 8.73. The van der Waals surface area contributed by atoms with Crippen LogP contribution in [0.25, 0.3) is 5.57 Å². The molecule has 0 saturated heterocycles. The zero-order valence-electron chi connectivity index (χ0n) is 8.73. The highest BCUT2D eigenvalue weighted by molar-refractivity contribution is 5.68. The lowest BCUT2D eigenvalue weighted by Gasteiger charge is -2.05. The third-order valence-corrected chi connectivity index (χ3v) is 2.37. The minimum Gasteiger partial charge on any atom is -0.392 e. The van der Waals surface area contributed by atoms with E-state index < -0.39 is 4.92 Å². The molecule has 4 heteroatoms. The van der Waals surface area contributed by atoms with Gasteiger partial charge in [0.15, 0.2) is 0 Å². The number of aliphatic hydroxyl groups is 1. The minimum absolute atomic E-state index is 0.0332. The van der Waals surface area contributed by atoms with Crippen LogP contribution in [-0.2, 0) is 0 Å². The smallest absolute Gasteiger partial charge is 0.270 e. The second-order valence-electron chi connectivity index (χ2n) is 3.37. The van der Waals surface area contributed by atoms with Gasteiger partial charge in [0.1, 0.15) is 0 Å². The summed E-state index contributed by atoms with van der Waals surface area (Å²) in [6.45, 7) is 3.60. The van der Waals surface area contributed by atoms with Crippen LogP contribution < -0.4 is 0 Å². The molecular formula is C11H13NO3. The van der Waals surface area contributed by atoms with Gasteiger partial charge in [-0.25, -0.2) is 0 Å². The van der Waals surface area contributed by atoms with Gasteiger partial charge in [0.05, 0.1) is 11.5 Å². The first-order chi connectivity index (χ1) is 7.06. The van der Waals surface area contributed by atoms with Crippen LogP contribution in [0.2, 0.25) is 0 Å². The average molecular weight is 207 g/mol. The van der Waals surface area contributed by atoms with Gasteiger partial charge in [-0.15, -0.1) is 0 Å². The lowest BCUT2D eigenvalue weighted by atomic mass is 10.0. The predicted octanol–water partition coefficient (Wildman–Crippen LogP) is 2.38. The summed E-state index contributed by atoms with van der Waals surface area (Å²) in [6.07, 6.45) is 0. The van der Waals surface area contributed by atoms with Crippen molar-refractivity contribution in [3.8, 4) is 0 Å². The van der Waals surface area contributed by atoms with Crippen molar-refractivity contribution in [1.29, 1.82) is 0 Å². The first kappa shape index (κ1) is 11.4. The van der Waals surface area contributed by atoms with Gasteiger partial charge >= 0.3 is 0 Å². The van der Waals surface area contributed by atoms with Gasteiger partial charge in [-0.1, -0.05) is 12.1 Å². The van der Waals surface area contributed by atoms with E-state index >= 15 is 0 Å². The Kier molecular flexibility index (Phi) is 3.57. The van der Waals surface area contributed by atoms with Gasteiger partial charge in [-0.2, -0.15) is 0 Å². The molecule has 4 nitrogen and oxygen atoms in total. The Bertz CT molecular complexity index is 410. The predicted molar refractivity (Wildman–Crippen MR) is 58.5 cm³/mol. The number of allylic oxidation sites excluding steroid dienone is 1. The highest BCUT2D eigenvalue weighted by atomic mass is 16.6. The fourth-order valence-electron chi connectivity index (χ4n) is 1.22. The highest BCUT2D eigenvalue weighted by Crippen LogP contribution is 2.22. The third-order valence-electron chi connectivity index (χ3n) is 2.37. The first-order valence-corrected chi connectivity index (χ1v) is 4.58. The summed E-state index contributed by atoms with van der Waals surface area (Å²) in [6, 6.07) is 6.39. The van der Waals surface area contributed by atoms with E-state index in [1.54, 1.807) is 19.1 Å². The monoisotopic (exact) mass is 207 g/mol. The van der Waals surface area contributed by atoms with E-state index in [1.165, 1.54) is 12.1 Å². The molecule has 1 rings (SSSR count). The Morgan fingerprint density at radius 2 is 2.13 bits per heavy atom. The summed E-state index contributed by atoms with van der Waals surface area (Å²) in [7, 11) is 0. The van der Waals surface area contributed by atoms with Gasteiger partial charge in [-0.3, -0.25) is 10.1 Å². The van der Waals surface area contributed by atoms with Gasteiger partial charge in [-0.05, 0) is 30.6 Å². The maximum Gasteiger partial charge on any atom is 0.270 e. The van der Waals surface area contributed by atoms with Crippen molar-refractivity contribution in [1.82, 2.24) is 0 Å². The Morgan fingerprint density at radius 3 is 2.67 bits per heavy atom. The summed E-state index contributed by atoms with van der Waals surface area (Å²) in [5.74, 6) is 0. The fourth-order valence-corrected chi connectivity index (χ4v) is 1.22. The molecule has 0 amide bonds. The van der Waals surface area contributed by atoms with Crippen LogP contribution in [-0.4, -0.2) is 16.6 Å². The standard InChI is InChI=1S/C11H13NO3/c1-8(7-13)9(2)10-4-3-5-11(6-10)12(14)15/h3-6,13H,7H2,1-2H3/b9-8-. The van der Waals surface area contributed by atoms with Crippen molar-refractivity contribution in [2.24, 2.45) is 0 Å². The van der Waals surface area contributed by atoms with E-state index in [1.807, 2.05) is 6.92 Å². The number of benzene rings is 1. The van der Waals surface area contributed by atoms with Crippen molar-refractivity contribution in [3.63, 3.8) is 0 Å². The lowest BCUT2D eigenvalue weighted by molar-refractivity contribution is -0.384. The third kappa shape index (κ3) is 2.63. The molecule has 0 spiro atoms. The number of rotatable bonds is 3. The van der Waals surface area contributed by atoms with Crippen molar-refractivity contribution in [2.75, 3.05) is 6.61 Å². The molecule has 0 radical (unpaired) electrons. The maximum absolute atomic E-state index is 10.6. The summed E-state index contributed by atoms with van der Waals surface area (Å²) in [4.78, 5) is 10.1. The molecule has 0 bridgehead atoms. The number of non-ortho nitro benzene ring substituents is 1. The molecule has 0 saturated carbocycles. The second kappa shape index (κ2) is 4.70. The fraction of sp³-hybridized carbons (Fsp3) is 0.273. The summed E-state index contributed by atoms with van der Waals surface area (Å²) < 4.78 is 0. The number of aliphatic hydroxyl groups excluding tert-OH is 1. The molecule has 0 unspecified atom stereocenters. The molecule has 1 N–H and O–H groups in total. The first-order valence-electron chi connectivity index (χ1n) is 4.58. The SMILES string of the molecule is C/C(CO)=C(\C)c1cccc([N+](=O)[O-])c1. The average Bonchev–Trinajstić information content (AvgIpc) is 2.27. The highest BCUT2D eigenvalue weighted by Gasteiger charge is 2.07. The van der Waals surface area contributed by atoms with Gasteiger partial charge in [0.25, 0.3) is 5.69 Å². The Labute approximate surface area is 88.0 Å². The summed E-state index contributed by atoms with van der Waals surface area (Å²) in [5.41, 5.74) is 2.53. The molecule has 0 heterocycles. The summed E-state index contributed by atoms with van der Waals surface area (Å²) >= 11 is 0. The van der Waals surface area contributed by atoms with Crippen LogP contribution >= 0.6 is 0 Å². The molecule has 0 aliphatic heterocycles. The van der Waals surface area contributed by atoms with Crippen LogP contribution in [0.3, 0.4) is 0 Å². The van der Waals surface area contributed by atoms with Crippen molar-refractivity contribution in [3.05, 3.63) is 45.5 Å². The number of hydrogen-bond acceptors (Lipinski definition) is 3. The van der Waals surface area contributed by atoms with E-state index in [0.717, 1.165) is 16.7 Å². The molecule has 15 heavy (non-hydrogen) atoms. The molecule has 0 aliphatic carbocycles. The molecule has 1 aromatic carbocycles. The minimum atomic E-state index is -0.426. The molecule has 1 aromatic rings. The number of nitro groups is 1. The number of hydrogen-bond donors (Lipinski definition) is 1. The van der Waals surface area contributed by atoms with Gasteiger partial charge < -0.3 is 5.11 Å². The molecule has 0 aliphatic rings. The molecule has 80 valence electrons. The normalized spacial score (nSPS) is 12.2. The van der Waals surface area contributed by atoms with Gasteiger partial charge in [0.2, 0.25) is 0 Å². The topological polar surface area (TPSA) is 63.4 Å². The van der Waals surface area contributed by atoms with Gasteiger partial charge in [0, 0.05) is 12.1 Å². The van der Waals surface area contributed by atoms with Crippen LogP contribution in [0.5, 0.6) is 0 Å². The second-order valence-corrected chi connectivity index (χ2v) is 3.37. The number of nitro benzene ring substituents is 1. The zero-order chi connectivity index (χ0) is 11.4. The van der Waals surface area contributed by atoms with Crippen LogP contribution in [0.1, 0.15) is 19.4 Å².